The number of nitrogens with one attached hydrogen (secondary N) is 1. The van der Waals surface area contributed by atoms with E-state index in [1.54, 1.807) is 13.2 Å². The highest BCUT2D eigenvalue weighted by Crippen LogP contribution is 2.24. The molecule has 1 amide bonds. The third-order valence-corrected chi connectivity index (χ3v) is 2.77. The Morgan fingerprint density at radius 3 is 2.76 bits per heavy atom. The van der Waals surface area contributed by atoms with Crippen molar-refractivity contribution in [3.8, 4) is 17.1 Å². The Labute approximate surface area is 124 Å². The highest BCUT2D eigenvalue weighted by molar-refractivity contribution is 5.79. The Bertz CT molecular complexity index is 626. The third kappa shape index (κ3) is 4.34. The number of carbonyl (C=O) groups is 1. The van der Waals surface area contributed by atoms with Gasteiger partial charge in [-0.05, 0) is 32.9 Å². The number of carbonyl (C=O) groups excluding carboxylic acids is 1. The zero-order valence-electron chi connectivity index (χ0n) is 12.8. The molecule has 5 heteroatoms. The van der Waals surface area contributed by atoms with Crippen molar-refractivity contribution >= 4 is 5.91 Å². The van der Waals surface area contributed by atoms with Gasteiger partial charge in [-0.3, -0.25) is 4.79 Å². The number of methoxy groups -OCH3 is 1. The number of aromatic nitrogens is 1. The van der Waals surface area contributed by atoms with Crippen LogP contribution in [-0.4, -0.2) is 23.7 Å². The second-order valence-corrected chi connectivity index (χ2v) is 5.89. The standard InChI is InChI=1S/C16H20N2O3/c1-16(2,3)17-15(19)10-12-9-14(21-18-12)11-6-5-7-13(8-11)20-4/h5-9H,10H2,1-4H3,(H,17,19). The van der Waals surface area contributed by atoms with Crippen LogP contribution in [0.3, 0.4) is 0 Å². The van der Waals surface area contributed by atoms with E-state index in [1.165, 1.54) is 0 Å². The van der Waals surface area contributed by atoms with Gasteiger partial charge in [-0.15, -0.1) is 0 Å². The van der Waals surface area contributed by atoms with E-state index in [4.69, 9.17) is 9.26 Å². The molecule has 112 valence electrons. The van der Waals surface area contributed by atoms with Crippen LogP contribution in [0.2, 0.25) is 0 Å². The van der Waals surface area contributed by atoms with Gasteiger partial charge in [-0.1, -0.05) is 17.3 Å². The first-order chi connectivity index (χ1) is 9.87. The SMILES string of the molecule is COc1cccc(-c2cc(CC(=O)NC(C)(C)C)no2)c1. The molecule has 1 heterocycles. The molecule has 5 nitrogen and oxygen atoms in total. The van der Waals surface area contributed by atoms with Crippen molar-refractivity contribution in [1.29, 1.82) is 0 Å². The summed E-state index contributed by atoms with van der Waals surface area (Å²) in [4.78, 5) is 11.9. The van der Waals surface area contributed by atoms with Crippen molar-refractivity contribution in [2.45, 2.75) is 32.7 Å². The highest BCUT2D eigenvalue weighted by atomic mass is 16.5. The van der Waals surface area contributed by atoms with Gasteiger partial charge in [0.1, 0.15) is 5.75 Å². The third-order valence-electron chi connectivity index (χ3n) is 2.77. The zero-order chi connectivity index (χ0) is 15.5. The molecule has 0 spiro atoms. The maximum absolute atomic E-state index is 11.9. The minimum Gasteiger partial charge on any atom is -0.497 e. The summed E-state index contributed by atoms with van der Waals surface area (Å²) in [6, 6.07) is 9.28. The summed E-state index contributed by atoms with van der Waals surface area (Å²) in [6.07, 6.45) is 0.199. The average molecular weight is 288 g/mol. The molecule has 0 aliphatic rings. The van der Waals surface area contributed by atoms with E-state index in [1.807, 2.05) is 45.0 Å². The molecule has 1 aromatic carbocycles. The molecule has 0 aliphatic carbocycles. The lowest BCUT2D eigenvalue weighted by Crippen LogP contribution is -2.41. The van der Waals surface area contributed by atoms with E-state index in [-0.39, 0.29) is 17.9 Å². The van der Waals surface area contributed by atoms with Crippen LogP contribution in [0.5, 0.6) is 5.75 Å². The van der Waals surface area contributed by atoms with Gasteiger partial charge < -0.3 is 14.6 Å². The smallest absolute Gasteiger partial charge is 0.226 e. The Morgan fingerprint density at radius 2 is 2.10 bits per heavy atom. The Balaban J connectivity index is 2.09. The van der Waals surface area contributed by atoms with E-state index in [2.05, 4.69) is 10.5 Å². The summed E-state index contributed by atoms with van der Waals surface area (Å²) in [7, 11) is 1.61. The molecule has 0 atom stereocenters. The molecule has 0 unspecified atom stereocenters. The van der Waals surface area contributed by atoms with Crippen molar-refractivity contribution in [3.05, 3.63) is 36.0 Å². The Kier molecular flexibility index (Phi) is 4.31. The molecule has 0 saturated heterocycles. The fourth-order valence-corrected chi connectivity index (χ4v) is 1.93. The molecule has 21 heavy (non-hydrogen) atoms. The fraction of sp³-hybridized carbons (Fsp3) is 0.375. The maximum atomic E-state index is 11.9. The lowest BCUT2D eigenvalue weighted by atomic mass is 10.1. The van der Waals surface area contributed by atoms with E-state index >= 15 is 0 Å². The first-order valence-corrected chi connectivity index (χ1v) is 6.78. The lowest BCUT2D eigenvalue weighted by molar-refractivity contribution is -0.121. The summed E-state index contributed by atoms with van der Waals surface area (Å²) in [5.74, 6) is 1.29. The molecule has 2 aromatic rings. The van der Waals surface area contributed by atoms with Crippen molar-refractivity contribution in [3.63, 3.8) is 0 Å². The van der Waals surface area contributed by atoms with Crippen LogP contribution in [-0.2, 0) is 11.2 Å². The lowest BCUT2D eigenvalue weighted by Gasteiger charge is -2.19. The topological polar surface area (TPSA) is 64.4 Å². The van der Waals surface area contributed by atoms with Crippen LogP contribution in [0.25, 0.3) is 11.3 Å². The predicted molar refractivity (Wildman–Crippen MR) is 80.1 cm³/mol. The first-order valence-electron chi connectivity index (χ1n) is 6.78. The summed E-state index contributed by atoms with van der Waals surface area (Å²) in [5, 5.41) is 6.84. The predicted octanol–water partition coefficient (Wildman–Crippen LogP) is 2.81. The van der Waals surface area contributed by atoms with E-state index in [0.29, 0.717) is 11.5 Å². The van der Waals surface area contributed by atoms with Crippen LogP contribution >= 0.6 is 0 Å². The van der Waals surface area contributed by atoms with Gasteiger partial charge in [0.2, 0.25) is 5.91 Å². The van der Waals surface area contributed by atoms with Crippen LogP contribution in [0.15, 0.2) is 34.9 Å². The van der Waals surface area contributed by atoms with Crippen LogP contribution in [0.4, 0.5) is 0 Å². The molecular formula is C16H20N2O3. The number of hydrogen-bond donors (Lipinski definition) is 1. The summed E-state index contributed by atoms with van der Waals surface area (Å²) in [6.45, 7) is 5.82. The Morgan fingerprint density at radius 1 is 1.33 bits per heavy atom. The van der Waals surface area contributed by atoms with Gasteiger partial charge in [0.25, 0.3) is 0 Å². The molecule has 0 aliphatic heterocycles. The molecule has 0 radical (unpaired) electrons. The van der Waals surface area contributed by atoms with Gasteiger partial charge in [0.05, 0.1) is 19.2 Å². The van der Waals surface area contributed by atoms with Crippen molar-refractivity contribution < 1.29 is 14.1 Å². The van der Waals surface area contributed by atoms with E-state index in [0.717, 1.165) is 11.3 Å². The number of amides is 1. The number of ether oxygens (including phenoxy) is 1. The number of hydrogen-bond acceptors (Lipinski definition) is 4. The quantitative estimate of drug-likeness (QED) is 0.939. The molecule has 0 bridgehead atoms. The van der Waals surface area contributed by atoms with Gasteiger partial charge in [-0.2, -0.15) is 0 Å². The average Bonchev–Trinajstić information content (AvgIpc) is 2.85. The monoisotopic (exact) mass is 288 g/mol. The van der Waals surface area contributed by atoms with Crippen molar-refractivity contribution in [2.24, 2.45) is 0 Å². The summed E-state index contributed by atoms with van der Waals surface area (Å²) >= 11 is 0. The summed E-state index contributed by atoms with van der Waals surface area (Å²) < 4.78 is 10.5. The molecule has 1 N–H and O–H groups in total. The van der Waals surface area contributed by atoms with Crippen LogP contribution in [0, 0.1) is 0 Å². The number of nitrogens with zero attached hydrogens (tertiary/aromatic N) is 1. The summed E-state index contributed by atoms with van der Waals surface area (Å²) in [5.41, 5.74) is 1.22. The number of rotatable bonds is 4. The fourth-order valence-electron chi connectivity index (χ4n) is 1.93. The zero-order valence-corrected chi connectivity index (χ0v) is 12.8. The van der Waals surface area contributed by atoms with E-state index in [9.17, 15) is 4.79 Å². The molecule has 1 aromatic heterocycles. The molecule has 0 fully saturated rings. The van der Waals surface area contributed by atoms with Gasteiger partial charge in [0, 0.05) is 17.2 Å². The number of benzene rings is 1. The van der Waals surface area contributed by atoms with Gasteiger partial charge in [-0.25, -0.2) is 0 Å². The van der Waals surface area contributed by atoms with Crippen LogP contribution in [0.1, 0.15) is 26.5 Å². The molecule has 2 rings (SSSR count). The van der Waals surface area contributed by atoms with E-state index < -0.39 is 0 Å². The normalized spacial score (nSPS) is 11.2. The van der Waals surface area contributed by atoms with Crippen LogP contribution < -0.4 is 10.1 Å². The van der Waals surface area contributed by atoms with Crippen molar-refractivity contribution in [2.75, 3.05) is 7.11 Å². The highest BCUT2D eigenvalue weighted by Gasteiger charge is 2.16. The first kappa shape index (κ1) is 15.1. The van der Waals surface area contributed by atoms with Crippen molar-refractivity contribution in [1.82, 2.24) is 10.5 Å². The van der Waals surface area contributed by atoms with Gasteiger partial charge >= 0.3 is 0 Å². The minimum atomic E-state index is -0.254. The second-order valence-electron chi connectivity index (χ2n) is 5.89. The maximum Gasteiger partial charge on any atom is 0.226 e. The molecular weight excluding hydrogens is 268 g/mol. The Hall–Kier alpha value is -2.30. The second kappa shape index (κ2) is 5.99. The largest absolute Gasteiger partial charge is 0.497 e. The molecule has 0 saturated carbocycles. The minimum absolute atomic E-state index is 0.0759. The van der Waals surface area contributed by atoms with Gasteiger partial charge in [0.15, 0.2) is 5.76 Å².